The van der Waals surface area contributed by atoms with Crippen LogP contribution in [0.2, 0.25) is 0 Å². The van der Waals surface area contributed by atoms with Crippen LogP contribution in [0.3, 0.4) is 0 Å². The zero-order chi connectivity index (χ0) is 18.1. The normalized spacial score (nSPS) is 14.9. The molecule has 0 radical (unpaired) electrons. The van der Waals surface area contributed by atoms with Gasteiger partial charge in [-0.05, 0) is 30.0 Å². The number of methoxy groups -OCH3 is 1. The van der Waals surface area contributed by atoms with Crippen LogP contribution in [-0.4, -0.2) is 45.9 Å². The highest BCUT2D eigenvalue weighted by molar-refractivity contribution is 5.78. The van der Waals surface area contributed by atoms with Crippen LogP contribution < -0.4 is 20.1 Å². The zero-order valence-corrected chi connectivity index (χ0v) is 15.5. The number of fused-ring (bicyclic) bond motifs is 1. The summed E-state index contributed by atoms with van der Waals surface area (Å²) in [5.74, 6) is 1.91. The van der Waals surface area contributed by atoms with E-state index in [1.165, 1.54) is 0 Å². The fourth-order valence-electron chi connectivity index (χ4n) is 2.82. The van der Waals surface area contributed by atoms with E-state index >= 15 is 0 Å². The van der Waals surface area contributed by atoms with Crippen LogP contribution >= 0.6 is 0 Å². The van der Waals surface area contributed by atoms with Crippen molar-refractivity contribution in [2.24, 2.45) is 5.92 Å². The van der Waals surface area contributed by atoms with Gasteiger partial charge in [-0.15, -0.1) is 0 Å². The third-order valence-corrected chi connectivity index (χ3v) is 4.13. The van der Waals surface area contributed by atoms with Gasteiger partial charge in [0.2, 0.25) is 5.91 Å². The minimum atomic E-state index is -0.00361. The first-order valence-corrected chi connectivity index (χ1v) is 9.00. The highest BCUT2D eigenvalue weighted by atomic mass is 16.5. The van der Waals surface area contributed by atoms with Crippen LogP contribution in [0.4, 0.5) is 0 Å². The molecule has 1 aliphatic rings. The molecule has 1 amide bonds. The molecule has 2 N–H and O–H groups in total. The van der Waals surface area contributed by atoms with Gasteiger partial charge in [-0.1, -0.05) is 19.9 Å². The number of carbonyl (C=O) groups is 1. The first-order chi connectivity index (χ1) is 12.1. The lowest BCUT2D eigenvalue weighted by molar-refractivity contribution is -0.120. The van der Waals surface area contributed by atoms with E-state index in [2.05, 4.69) is 24.5 Å². The van der Waals surface area contributed by atoms with Crippen molar-refractivity contribution in [1.82, 2.24) is 10.6 Å². The van der Waals surface area contributed by atoms with E-state index in [0.29, 0.717) is 32.3 Å². The van der Waals surface area contributed by atoms with E-state index in [9.17, 15) is 4.79 Å². The standard InChI is InChI=1S/C19H30N2O4/c1-14(2)19(21-13-18(22)20-8-4-9-23-3)15-6-7-16-17(12-15)25-11-5-10-24-16/h6-7,12,14,19,21H,4-5,8-11,13H2,1-3H3,(H,20,22). The summed E-state index contributed by atoms with van der Waals surface area (Å²) in [7, 11) is 1.66. The molecule has 0 saturated heterocycles. The van der Waals surface area contributed by atoms with Crippen molar-refractivity contribution in [3.8, 4) is 11.5 Å². The van der Waals surface area contributed by atoms with Gasteiger partial charge in [-0.25, -0.2) is 0 Å². The molecule has 1 aliphatic heterocycles. The summed E-state index contributed by atoms with van der Waals surface area (Å²) in [6.07, 6.45) is 1.71. The van der Waals surface area contributed by atoms with Gasteiger partial charge in [0.25, 0.3) is 0 Å². The van der Waals surface area contributed by atoms with Gasteiger partial charge in [-0.2, -0.15) is 0 Å². The van der Waals surface area contributed by atoms with Crippen LogP contribution in [0, 0.1) is 5.92 Å². The second kappa shape index (κ2) is 10.3. The molecule has 0 saturated carbocycles. The molecule has 1 atom stereocenters. The van der Waals surface area contributed by atoms with Crippen molar-refractivity contribution in [2.45, 2.75) is 32.7 Å². The third kappa shape index (κ3) is 6.21. The Morgan fingerprint density at radius 1 is 1.24 bits per heavy atom. The third-order valence-electron chi connectivity index (χ3n) is 4.13. The van der Waals surface area contributed by atoms with Crippen molar-refractivity contribution >= 4 is 5.91 Å². The lowest BCUT2D eigenvalue weighted by Gasteiger charge is -2.23. The highest BCUT2D eigenvalue weighted by Gasteiger charge is 2.19. The van der Waals surface area contributed by atoms with Crippen molar-refractivity contribution < 1.29 is 19.0 Å². The largest absolute Gasteiger partial charge is 0.490 e. The molecule has 6 nitrogen and oxygen atoms in total. The van der Waals surface area contributed by atoms with E-state index in [-0.39, 0.29) is 18.5 Å². The summed E-state index contributed by atoms with van der Waals surface area (Å²) in [5.41, 5.74) is 1.10. The Kier molecular flexibility index (Phi) is 8.01. The Labute approximate surface area is 150 Å². The molecule has 140 valence electrons. The lowest BCUT2D eigenvalue weighted by atomic mass is 9.95. The SMILES string of the molecule is COCCCNC(=O)CNC(c1ccc2c(c1)OCCCO2)C(C)C. The molecule has 1 unspecified atom stereocenters. The second-order valence-corrected chi connectivity index (χ2v) is 6.56. The molecule has 0 aliphatic carbocycles. The van der Waals surface area contributed by atoms with Crippen LogP contribution in [0.25, 0.3) is 0 Å². The molecule has 1 aromatic rings. The van der Waals surface area contributed by atoms with Crippen LogP contribution in [0.5, 0.6) is 11.5 Å². The van der Waals surface area contributed by atoms with Gasteiger partial charge in [0.05, 0.1) is 19.8 Å². The van der Waals surface area contributed by atoms with E-state index < -0.39 is 0 Å². The number of hydrogen-bond donors (Lipinski definition) is 2. The van der Waals surface area contributed by atoms with Crippen molar-refractivity contribution in [2.75, 3.05) is 40.0 Å². The highest BCUT2D eigenvalue weighted by Crippen LogP contribution is 2.34. The zero-order valence-electron chi connectivity index (χ0n) is 15.5. The van der Waals surface area contributed by atoms with Crippen molar-refractivity contribution in [1.29, 1.82) is 0 Å². The van der Waals surface area contributed by atoms with Gasteiger partial charge >= 0.3 is 0 Å². The van der Waals surface area contributed by atoms with E-state index in [4.69, 9.17) is 14.2 Å². The van der Waals surface area contributed by atoms with Crippen molar-refractivity contribution in [3.05, 3.63) is 23.8 Å². The summed E-state index contributed by atoms with van der Waals surface area (Å²) >= 11 is 0. The number of ether oxygens (including phenoxy) is 3. The van der Waals surface area contributed by atoms with Crippen LogP contribution in [0.15, 0.2) is 18.2 Å². The van der Waals surface area contributed by atoms with Gasteiger partial charge in [0.15, 0.2) is 11.5 Å². The molecule has 1 heterocycles. The monoisotopic (exact) mass is 350 g/mol. The number of carbonyl (C=O) groups excluding carboxylic acids is 1. The number of nitrogens with one attached hydrogen (secondary N) is 2. The molecule has 0 fully saturated rings. The predicted octanol–water partition coefficient (Wildman–Crippen LogP) is 2.29. The smallest absolute Gasteiger partial charge is 0.233 e. The second-order valence-electron chi connectivity index (χ2n) is 6.56. The summed E-state index contributed by atoms with van der Waals surface area (Å²) in [6.45, 7) is 7.18. The number of rotatable bonds is 9. The number of benzene rings is 1. The number of amides is 1. The minimum Gasteiger partial charge on any atom is -0.490 e. The summed E-state index contributed by atoms with van der Waals surface area (Å²) in [5, 5.41) is 6.25. The quantitative estimate of drug-likeness (QED) is 0.669. The maximum absolute atomic E-state index is 12.0. The predicted molar refractivity (Wildman–Crippen MR) is 97.1 cm³/mol. The Morgan fingerprint density at radius 2 is 2.00 bits per heavy atom. The summed E-state index contributed by atoms with van der Waals surface area (Å²) in [4.78, 5) is 12.0. The fraction of sp³-hybridized carbons (Fsp3) is 0.632. The average molecular weight is 350 g/mol. The Balaban J connectivity index is 1.94. The summed E-state index contributed by atoms with van der Waals surface area (Å²) in [6, 6.07) is 6.09. The lowest BCUT2D eigenvalue weighted by Crippen LogP contribution is -2.37. The van der Waals surface area contributed by atoms with Crippen LogP contribution in [-0.2, 0) is 9.53 Å². The average Bonchev–Trinajstić information content (AvgIpc) is 2.83. The van der Waals surface area contributed by atoms with E-state index in [0.717, 1.165) is 29.9 Å². The van der Waals surface area contributed by atoms with Gasteiger partial charge in [-0.3, -0.25) is 4.79 Å². The van der Waals surface area contributed by atoms with E-state index in [1.807, 2.05) is 18.2 Å². The topological polar surface area (TPSA) is 68.8 Å². The molecule has 0 bridgehead atoms. The van der Waals surface area contributed by atoms with E-state index in [1.54, 1.807) is 7.11 Å². The Bertz CT molecular complexity index is 548. The Hall–Kier alpha value is -1.79. The van der Waals surface area contributed by atoms with Gasteiger partial charge in [0, 0.05) is 32.7 Å². The molecular weight excluding hydrogens is 320 g/mol. The maximum atomic E-state index is 12.0. The van der Waals surface area contributed by atoms with Crippen LogP contribution in [0.1, 0.15) is 38.3 Å². The minimum absolute atomic E-state index is 0.00361. The van der Waals surface area contributed by atoms with Gasteiger partial charge in [0.1, 0.15) is 0 Å². The fourth-order valence-corrected chi connectivity index (χ4v) is 2.82. The maximum Gasteiger partial charge on any atom is 0.233 e. The molecule has 2 rings (SSSR count). The molecule has 0 spiro atoms. The number of hydrogen-bond acceptors (Lipinski definition) is 5. The molecular formula is C19H30N2O4. The Morgan fingerprint density at radius 3 is 2.72 bits per heavy atom. The molecule has 0 aromatic heterocycles. The summed E-state index contributed by atoms with van der Waals surface area (Å²) < 4.78 is 16.4. The first kappa shape index (κ1) is 19.5. The van der Waals surface area contributed by atoms with Crippen molar-refractivity contribution in [3.63, 3.8) is 0 Å². The molecule has 1 aromatic carbocycles. The van der Waals surface area contributed by atoms with Gasteiger partial charge < -0.3 is 24.8 Å². The molecule has 6 heteroatoms. The molecule has 25 heavy (non-hydrogen) atoms. The first-order valence-electron chi connectivity index (χ1n) is 9.00.